The summed E-state index contributed by atoms with van der Waals surface area (Å²) in [5.74, 6) is -0.441. The topological polar surface area (TPSA) is 86.6 Å². The van der Waals surface area contributed by atoms with Crippen LogP contribution in [0.25, 0.3) is 0 Å². The molecule has 0 bridgehead atoms. The van der Waals surface area contributed by atoms with Crippen molar-refractivity contribution in [3.05, 3.63) is 0 Å². The third-order valence-corrected chi connectivity index (χ3v) is 0.872. The second-order valence-electron chi connectivity index (χ2n) is 1.71. The van der Waals surface area contributed by atoms with Gasteiger partial charge in [-0.2, -0.15) is 0 Å². The first-order valence-electron chi connectivity index (χ1n) is 2.73. The predicted octanol–water partition coefficient (Wildman–Crippen LogP) is -1.82. The third-order valence-electron chi connectivity index (χ3n) is 0.872. The smallest absolute Gasteiger partial charge is 0.334 e. The number of hydrogen-bond acceptors (Lipinski definition) is 3. The number of amides is 1. The Bertz CT molecular complexity index is 205. The van der Waals surface area contributed by atoms with Crippen molar-refractivity contribution in [2.45, 2.75) is 6.10 Å². The summed E-state index contributed by atoms with van der Waals surface area (Å²) in [6.07, 6.45) is 3.04. The van der Waals surface area contributed by atoms with E-state index < -0.39 is 18.0 Å². The fraction of sp³-hybridized carbons (Fsp3) is 0.333. The molecule has 11 heavy (non-hydrogen) atoms. The maximum atomic E-state index is 10.3. The molecule has 60 valence electrons. The van der Waals surface area contributed by atoms with Gasteiger partial charge in [0.25, 0.3) is 5.91 Å². The van der Waals surface area contributed by atoms with E-state index in [0.29, 0.717) is 0 Å². The molecule has 0 aliphatic carbocycles. The second kappa shape index (κ2) is 4.30. The average Bonchev–Trinajstić information content (AvgIpc) is 1.99. The lowest BCUT2D eigenvalue weighted by Crippen LogP contribution is -2.35. The average molecular weight is 157 g/mol. The Balaban J connectivity index is 3.64. The van der Waals surface area contributed by atoms with Crippen LogP contribution in [0.3, 0.4) is 0 Å². The molecule has 0 rings (SSSR count). The summed E-state index contributed by atoms with van der Waals surface area (Å²) in [5.41, 5.74) is 0. The molecular formula is C6H7NO4. The predicted molar refractivity (Wildman–Crippen MR) is 35.5 cm³/mol. The van der Waals surface area contributed by atoms with Crippen molar-refractivity contribution in [2.24, 2.45) is 0 Å². The maximum absolute atomic E-state index is 10.3. The van der Waals surface area contributed by atoms with Gasteiger partial charge < -0.3 is 15.5 Å². The molecule has 5 nitrogen and oxygen atoms in total. The minimum atomic E-state index is -1.60. The van der Waals surface area contributed by atoms with Gasteiger partial charge in [-0.3, -0.25) is 4.79 Å². The molecule has 1 unspecified atom stereocenters. The van der Waals surface area contributed by atoms with Crippen molar-refractivity contribution in [2.75, 3.05) is 6.54 Å². The number of nitrogens with one attached hydrogen (secondary N) is 1. The Morgan fingerprint density at radius 1 is 1.64 bits per heavy atom. The first-order chi connectivity index (χ1) is 5.07. The maximum Gasteiger partial charge on any atom is 0.334 e. The van der Waals surface area contributed by atoms with Crippen LogP contribution in [-0.4, -0.2) is 34.7 Å². The number of carbonyl (C=O) groups is 2. The van der Waals surface area contributed by atoms with Crippen LogP contribution in [0, 0.1) is 12.3 Å². The molecule has 0 saturated heterocycles. The monoisotopic (exact) mass is 157 g/mol. The van der Waals surface area contributed by atoms with E-state index in [9.17, 15) is 9.59 Å². The highest BCUT2D eigenvalue weighted by Crippen LogP contribution is 1.78. The molecular weight excluding hydrogens is 150 g/mol. The molecule has 0 aliphatic rings. The Labute approximate surface area is 63.0 Å². The molecule has 1 amide bonds. The summed E-state index contributed by atoms with van der Waals surface area (Å²) in [6, 6.07) is 0. The SMILES string of the molecule is C#CC(=O)NCC(O)C(=O)O. The van der Waals surface area contributed by atoms with Crippen LogP contribution in [0.2, 0.25) is 0 Å². The molecule has 0 radical (unpaired) electrons. The number of carboxylic acids is 1. The zero-order valence-electron chi connectivity index (χ0n) is 5.57. The lowest BCUT2D eigenvalue weighted by atomic mass is 10.3. The standard InChI is InChI=1S/C6H7NO4/c1-2-5(9)7-3-4(8)6(10)11/h1,4,8H,3H2,(H,7,9)(H,10,11). The van der Waals surface area contributed by atoms with Gasteiger partial charge in [-0.15, -0.1) is 6.42 Å². The Morgan fingerprint density at radius 3 is 2.55 bits per heavy atom. The van der Waals surface area contributed by atoms with Crippen LogP contribution in [0.1, 0.15) is 0 Å². The molecule has 0 heterocycles. The summed E-state index contributed by atoms with van der Waals surface area (Å²) in [4.78, 5) is 20.2. The van der Waals surface area contributed by atoms with Crippen molar-refractivity contribution < 1.29 is 19.8 Å². The van der Waals surface area contributed by atoms with E-state index in [-0.39, 0.29) is 6.54 Å². The van der Waals surface area contributed by atoms with E-state index >= 15 is 0 Å². The zero-order valence-corrected chi connectivity index (χ0v) is 5.57. The van der Waals surface area contributed by atoms with E-state index in [2.05, 4.69) is 6.42 Å². The molecule has 0 spiro atoms. The molecule has 0 aliphatic heterocycles. The number of aliphatic hydroxyl groups excluding tert-OH is 1. The van der Waals surface area contributed by atoms with Crippen LogP contribution >= 0.6 is 0 Å². The Kier molecular flexibility index (Phi) is 3.70. The number of terminal acetylenes is 1. The molecule has 1 atom stereocenters. The van der Waals surface area contributed by atoms with E-state index in [1.165, 1.54) is 0 Å². The minimum Gasteiger partial charge on any atom is -0.479 e. The van der Waals surface area contributed by atoms with E-state index in [0.717, 1.165) is 0 Å². The van der Waals surface area contributed by atoms with Crippen LogP contribution in [-0.2, 0) is 9.59 Å². The number of hydrogen-bond donors (Lipinski definition) is 3. The number of aliphatic carboxylic acids is 1. The fourth-order valence-electron chi connectivity index (χ4n) is 0.328. The Hall–Kier alpha value is -1.54. The van der Waals surface area contributed by atoms with Crippen molar-refractivity contribution in [1.82, 2.24) is 5.32 Å². The molecule has 0 aromatic heterocycles. The molecule has 0 aromatic rings. The Morgan fingerprint density at radius 2 is 2.18 bits per heavy atom. The van der Waals surface area contributed by atoms with Gasteiger partial charge in [-0.25, -0.2) is 4.79 Å². The molecule has 0 saturated carbocycles. The van der Waals surface area contributed by atoms with Crippen molar-refractivity contribution in [3.8, 4) is 12.3 Å². The quantitative estimate of drug-likeness (QED) is 0.421. The number of rotatable bonds is 3. The van der Waals surface area contributed by atoms with Crippen LogP contribution in [0.4, 0.5) is 0 Å². The summed E-state index contributed by atoms with van der Waals surface area (Å²) in [7, 11) is 0. The number of carbonyl (C=O) groups excluding carboxylic acids is 1. The van der Waals surface area contributed by atoms with Gasteiger partial charge in [0.2, 0.25) is 0 Å². The number of aliphatic hydroxyl groups is 1. The normalized spacial score (nSPS) is 11.3. The third kappa shape index (κ3) is 3.95. The van der Waals surface area contributed by atoms with Crippen LogP contribution < -0.4 is 5.32 Å². The van der Waals surface area contributed by atoms with Gasteiger partial charge in [-0.05, 0) is 5.92 Å². The zero-order chi connectivity index (χ0) is 8.85. The van der Waals surface area contributed by atoms with Gasteiger partial charge in [0.15, 0.2) is 6.10 Å². The molecule has 0 fully saturated rings. The van der Waals surface area contributed by atoms with Crippen molar-refractivity contribution in [1.29, 1.82) is 0 Å². The first-order valence-corrected chi connectivity index (χ1v) is 2.73. The molecule has 3 N–H and O–H groups in total. The molecule has 5 heteroatoms. The van der Waals surface area contributed by atoms with E-state index in [4.69, 9.17) is 10.2 Å². The first kappa shape index (κ1) is 9.46. The minimum absolute atomic E-state index is 0.377. The van der Waals surface area contributed by atoms with Gasteiger partial charge in [0.1, 0.15) is 0 Å². The van der Waals surface area contributed by atoms with E-state index in [1.807, 2.05) is 5.32 Å². The van der Waals surface area contributed by atoms with Gasteiger partial charge in [0.05, 0.1) is 6.54 Å². The van der Waals surface area contributed by atoms with Crippen molar-refractivity contribution >= 4 is 11.9 Å². The van der Waals surface area contributed by atoms with Gasteiger partial charge in [-0.1, -0.05) is 0 Å². The van der Waals surface area contributed by atoms with Crippen LogP contribution in [0.5, 0.6) is 0 Å². The summed E-state index contributed by atoms with van der Waals surface area (Å²) < 4.78 is 0. The second-order valence-corrected chi connectivity index (χ2v) is 1.71. The lowest BCUT2D eigenvalue weighted by molar-refractivity contribution is -0.146. The highest BCUT2D eigenvalue weighted by Gasteiger charge is 2.12. The van der Waals surface area contributed by atoms with Gasteiger partial charge >= 0.3 is 5.97 Å². The van der Waals surface area contributed by atoms with E-state index in [1.54, 1.807) is 5.92 Å². The van der Waals surface area contributed by atoms with Crippen LogP contribution in [0.15, 0.2) is 0 Å². The largest absolute Gasteiger partial charge is 0.479 e. The fourth-order valence-corrected chi connectivity index (χ4v) is 0.328. The molecule has 0 aromatic carbocycles. The lowest BCUT2D eigenvalue weighted by Gasteiger charge is -2.03. The van der Waals surface area contributed by atoms with Gasteiger partial charge in [0, 0.05) is 0 Å². The summed E-state index contributed by atoms with van der Waals surface area (Å²) in [6.45, 7) is -0.377. The number of carboxylic acid groups (broad SMARTS) is 1. The highest BCUT2D eigenvalue weighted by atomic mass is 16.4. The highest BCUT2D eigenvalue weighted by molar-refractivity contribution is 5.93. The van der Waals surface area contributed by atoms with Crippen molar-refractivity contribution in [3.63, 3.8) is 0 Å². The summed E-state index contributed by atoms with van der Waals surface area (Å²) >= 11 is 0. The summed E-state index contributed by atoms with van der Waals surface area (Å²) in [5, 5.41) is 18.7.